The van der Waals surface area contributed by atoms with Gasteiger partial charge >= 0.3 is 0 Å². The molecule has 5 heteroatoms. The minimum Gasteiger partial charge on any atom is -0.493 e. The van der Waals surface area contributed by atoms with Gasteiger partial charge in [-0.05, 0) is 48.2 Å². The van der Waals surface area contributed by atoms with Crippen LogP contribution in [0.2, 0.25) is 5.02 Å². The van der Waals surface area contributed by atoms with E-state index >= 15 is 0 Å². The third-order valence-electron chi connectivity index (χ3n) is 4.92. The molecule has 0 radical (unpaired) electrons. The highest BCUT2D eigenvalue weighted by Crippen LogP contribution is 2.44. The molecule has 2 aromatic rings. The molecule has 1 N–H and O–H groups in total. The molecular formula is C20H22ClNO3. The van der Waals surface area contributed by atoms with Gasteiger partial charge in [-0.2, -0.15) is 0 Å². The van der Waals surface area contributed by atoms with Crippen molar-refractivity contribution < 1.29 is 14.3 Å². The van der Waals surface area contributed by atoms with E-state index in [1.807, 2.05) is 42.5 Å². The minimum atomic E-state index is -0.457. The highest BCUT2D eigenvalue weighted by molar-refractivity contribution is 6.30. The molecule has 0 aromatic heterocycles. The lowest BCUT2D eigenvalue weighted by Crippen LogP contribution is -2.49. The van der Waals surface area contributed by atoms with E-state index in [1.165, 1.54) is 0 Å². The van der Waals surface area contributed by atoms with E-state index in [9.17, 15) is 4.79 Å². The highest BCUT2D eigenvalue weighted by atomic mass is 35.5. The first-order valence-corrected chi connectivity index (χ1v) is 8.72. The molecule has 4 nitrogen and oxygen atoms in total. The minimum absolute atomic E-state index is 0.0517. The molecule has 0 unspecified atom stereocenters. The van der Waals surface area contributed by atoms with Gasteiger partial charge in [0.2, 0.25) is 5.91 Å². The fourth-order valence-electron chi connectivity index (χ4n) is 3.31. The number of hydrogen-bond acceptors (Lipinski definition) is 3. The number of nitrogens with one attached hydrogen (secondary N) is 1. The van der Waals surface area contributed by atoms with Gasteiger partial charge in [0.1, 0.15) is 0 Å². The smallest absolute Gasteiger partial charge is 0.230 e. The Hall–Kier alpha value is -2.20. The van der Waals surface area contributed by atoms with Crippen molar-refractivity contribution in [1.29, 1.82) is 0 Å². The fraction of sp³-hybridized carbons (Fsp3) is 0.350. The maximum Gasteiger partial charge on any atom is 0.230 e. The first-order valence-electron chi connectivity index (χ1n) is 8.34. The molecule has 132 valence electrons. The van der Waals surface area contributed by atoms with E-state index in [4.69, 9.17) is 21.1 Å². The largest absolute Gasteiger partial charge is 0.493 e. The number of carbonyl (C=O) groups is 1. The van der Waals surface area contributed by atoms with Gasteiger partial charge in [0, 0.05) is 11.6 Å². The lowest BCUT2D eigenvalue weighted by atomic mass is 9.64. The normalized spacial score (nSPS) is 15.2. The van der Waals surface area contributed by atoms with Crippen LogP contribution in [0.4, 0.5) is 0 Å². The average molecular weight is 360 g/mol. The summed E-state index contributed by atoms with van der Waals surface area (Å²) in [7, 11) is 3.20. The van der Waals surface area contributed by atoms with Crippen molar-refractivity contribution in [1.82, 2.24) is 5.32 Å². The van der Waals surface area contributed by atoms with Crippen molar-refractivity contribution in [2.24, 2.45) is 0 Å². The Bertz CT molecular complexity index is 771. The standard InChI is InChI=1S/C20H22ClNO3/c1-24-17-8-7-14(11-18(17)25-2)13-22-19(23)20(9-4-10-20)15-5-3-6-16(21)12-15/h3,5-8,11-12H,4,9-10,13H2,1-2H3,(H,22,23). The number of halogens is 1. The van der Waals surface area contributed by atoms with Crippen LogP contribution in [-0.2, 0) is 16.8 Å². The molecule has 0 spiro atoms. The van der Waals surface area contributed by atoms with Gasteiger partial charge in [-0.25, -0.2) is 0 Å². The van der Waals surface area contributed by atoms with E-state index in [1.54, 1.807) is 14.2 Å². The Morgan fingerprint density at radius 1 is 1.12 bits per heavy atom. The summed E-state index contributed by atoms with van der Waals surface area (Å²) >= 11 is 6.11. The Balaban J connectivity index is 1.73. The van der Waals surface area contributed by atoms with Crippen molar-refractivity contribution in [3.8, 4) is 11.5 Å². The van der Waals surface area contributed by atoms with E-state index in [-0.39, 0.29) is 5.91 Å². The molecule has 1 saturated carbocycles. The van der Waals surface area contributed by atoms with E-state index in [0.29, 0.717) is 23.1 Å². The van der Waals surface area contributed by atoms with Crippen LogP contribution in [0.25, 0.3) is 0 Å². The third kappa shape index (κ3) is 3.45. The summed E-state index contributed by atoms with van der Waals surface area (Å²) in [5.74, 6) is 1.38. The maximum atomic E-state index is 12.9. The predicted molar refractivity (Wildman–Crippen MR) is 98.4 cm³/mol. The van der Waals surface area contributed by atoms with Gasteiger partial charge < -0.3 is 14.8 Å². The average Bonchev–Trinajstić information content (AvgIpc) is 2.58. The van der Waals surface area contributed by atoms with Crippen molar-refractivity contribution in [3.05, 3.63) is 58.6 Å². The van der Waals surface area contributed by atoms with Crippen LogP contribution in [0.15, 0.2) is 42.5 Å². The summed E-state index contributed by atoms with van der Waals surface area (Å²) in [6.45, 7) is 0.446. The Labute approximate surface area is 153 Å². The molecule has 1 amide bonds. The van der Waals surface area contributed by atoms with Gasteiger partial charge in [0.05, 0.1) is 19.6 Å². The van der Waals surface area contributed by atoms with Crippen molar-refractivity contribution in [2.45, 2.75) is 31.2 Å². The molecule has 1 aliphatic carbocycles. The topological polar surface area (TPSA) is 47.6 Å². The van der Waals surface area contributed by atoms with Gasteiger partial charge in [-0.1, -0.05) is 36.2 Å². The van der Waals surface area contributed by atoms with Crippen molar-refractivity contribution in [2.75, 3.05) is 14.2 Å². The number of carbonyl (C=O) groups excluding carboxylic acids is 1. The Morgan fingerprint density at radius 3 is 2.48 bits per heavy atom. The van der Waals surface area contributed by atoms with Crippen LogP contribution >= 0.6 is 11.6 Å². The molecule has 2 aromatic carbocycles. The van der Waals surface area contributed by atoms with E-state index in [2.05, 4.69) is 5.32 Å². The Kier molecular flexibility index (Phi) is 5.19. The van der Waals surface area contributed by atoms with Crippen LogP contribution in [0.3, 0.4) is 0 Å². The van der Waals surface area contributed by atoms with Crippen LogP contribution < -0.4 is 14.8 Å². The monoisotopic (exact) mass is 359 g/mol. The summed E-state index contributed by atoms with van der Waals surface area (Å²) in [6.07, 6.45) is 2.76. The van der Waals surface area contributed by atoms with E-state index < -0.39 is 5.41 Å². The molecule has 0 saturated heterocycles. The first kappa shape index (κ1) is 17.6. The predicted octanol–water partition coefficient (Wildman–Crippen LogP) is 4.10. The molecule has 0 atom stereocenters. The summed E-state index contributed by atoms with van der Waals surface area (Å²) in [4.78, 5) is 12.9. The first-order chi connectivity index (χ1) is 12.1. The second-order valence-corrected chi connectivity index (χ2v) is 6.75. The number of hydrogen-bond donors (Lipinski definition) is 1. The number of ether oxygens (including phenoxy) is 2. The van der Waals surface area contributed by atoms with Crippen LogP contribution in [0.5, 0.6) is 11.5 Å². The maximum absolute atomic E-state index is 12.9. The summed E-state index contributed by atoms with van der Waals surface area (Å²) < 4.78 is 10.6. The summed E-state index contributed by atoms with van der Waals surface area (Å²) in [5, 5.41) is 3.73. The molecule has 0 aliphatic heterocycles. The molecule has 1 aliphatic rings. The number of rotatable bonds is 6. The molecular weight excluding hydrogens is 338 g/mol. The fourth-order valence-corrected chi connectivity index (χ4v) is 3.50. The third-order valence-corrected chi connectivity index (χ3v) is 5.16. The second-order valence-electron chi connectivity index (χ2n) is 6.32. The van der Waals surface area contributed by atoms with Crippen molar-refractivity contribution in [3.63, 3.8) is 0 Å². The summed E-state index contributed by atoms with van der Waals surface area (Å²) in [5.41, 5.74) is 1.50. The molecule has 25 heavy (non-hydrogen) atoms. The zero-order valence-electron chi connectivity index (χ0n) is 14.5. The molecule has 1 fully saturated rings. The van der Waals surface area contributed by atoms with Gasteiger partial charge in [-0.15, -0.1) is 0 Å². The SMILES string of the molecule is COc1ccc(CNC(=O)C2(c3cccc(Cl)c3)CCC2)cc1OC. The lowest BCUT2D eigenvalue weighted by molar-refractivity contribution is -0.130. The molecule has 0 heterocycles. The molecule has 3 rings (SSSR count). The van der Waals surface area contributed by atoms with E-state index in [0.717, 1.165) is 30.4 Å². The van der Waals surface area contributed by atoms with Gasteiger partial charge in [0.25, 0.3) is 0 Å². The quantitative estimate of drug-likeness (QED) is 0.844. The number of benzene rings is 2. The van der Waals surface area contributed by atoms with Gasteiger partial charge in [-0.3, -0.25) is 4.79 Å². The van der Waals surface area contributed by atoms with Gasteiger partial charge in [0.15, 0.2) is 11.5 Å². The zero-order chi connectivity index (χ0) is 17.9. The zero-order valence-corrected chi connectivity index (χ0v) is 15.2. The van der Waals surface area contributed by atoms with Crippen LogP contribution in [-0.4, -0.2) is 20.1 Å². The summed E-state index contributed by atoms with van der Waals surface area (Å²) in [6, 6.07) is 13.3. The van der Waals surface area contributed by atoms with Crippen molar-refractivity contribution >= 4 is 17.5 Å². The van der Waals surface area contributed by atoms with Crippen LogP contribution in [0, 0.1) is 0 Å². The Morgan fingerprint density at radius 2 is 1.88 bits per heavy atom. The lowest BCUT2D eigenvalue weighted by Gasteiger charge is -2.40. The number of methoxy groups -OCH3 is 2. The van der Waals surface area contributed by atoms with Crippen LogP contribution in [0.1, 0.15) is 30.4 Å². The highest BCUT2D eigenvalue weighted by Gasteiger charge is 2.45. The number of amides is 1. The molecule has 0 bridgehead atoms. The second kappa shape index (κ2) is 7.36.